The van der Waals surface area contributed by atoms with E-state index in [0.717, 1.165) is 17.9 Å². The lowest BCUT2D eigenvalue weighted by Crippen LogP contribution is -2.42. The van der Waals surface area contributed by atoms with Crippen LogP contribution in [-0.2, 0) is 0 Å². The number of hydrogen-bond donors (Lipinski definition) is 3. The van der Waals surface area contributed by atoms with Gasteiger partial charge in [-0.2, -0.15) is 0 Å². The maximum atomic E-state index is 10.0. The van der Waals surface area contributed by atoms with Crippen LogP contribution in [0.2, 0.25) is 0 Å². The predicted octanol–water partition coefficient (Wildman–Crippen LogP) is 3.26. The highest BCUT2D eigenvalue weighted by atomic mass is 127. The maximum Gasteiger partial charge on any atom is 0.191 e. The zero-order chi connectivity index (χ0) is 18.1. The second-order valence-electron chi connectivity index (χ2n) is 5.83. The Morgan fingerprint density at radius 3 is 2.65 bits per heavy atom. The van der Waals surface area contributed by atoms with Crippen LogP contribution in [0.3, 0.4) is 0 Å². The SMILES string of the molecule is CCNC(=NCC(O)c1ccco1)NCC(C)Oc1ccccc1C.I. The summed E-state index contributed by atoms with van der Waals surface area (Å²) in [7, 11) is 0. The average Bonchev–Trinajstić information content (AvgIpc) is 3.14. The molecule has 0 saturated heterocycles. The smallest absolute Gasteiger partial charge is 0.191 e. The van der Waals surface area contributed by atoms with Crippen LogP contribution in [0.25, 0.3) is 0 Å². The highest BCUT2D eigenvalue weighted by Crippen LogP contribution is 2.17. The number of nitrogens with one attached hydrogen (secondary N) is 2. The Morgan fingerprint density at radius 1 is 1.23 bits per heavy atom. The summed E-state index contributed by atoms with van der Waals surface area (Å²) in [5.74, 6) is 2.02. The highest BCUT2D eigenvalue weighted by molar-refractivity contribution is 14.0. The molecule has 1 aromatic carbocycles. The summed E-state index contributed by atoms with van der Waals surface area (Å²) in [6.45, 7) is 7.56. The first-order valence-electron chi connectivity index (χ1n) is 8.56. The van der Waals surface area contributed by atoms with Gasteiger partial charge in [-0.25, -0.2) is 0 Å². The molecule has 6 nitrogen and oxygen atoms in total. The Kier molecular flexibility index (Phi) is 10.1. The fourth-order valence-corrected chi connectivity index (χ4v) is 2.28. The van der Waals surface area contributed by atoms with Crippen molar-refractivity contribution < 1.29 is 14.3 Å². The minimum absolute atomic E-state index is 0. The maximum absolute atomic E-state index is 10.0. The number of aryl methyl sites for hydroxylation is 1. The van der Waals surface area contributed by atoms with Gasteiger partial charge >= 0.3 is 0 Å². The Labute approximate surface area is 172 Å². The second-order valence-corrected chi connectivity index (χ2v) is 5.83. The molecule has 0 bridgehead atoms. The first-order chi connectivity index (χ1) is 12.1. The van der Waals surface area contributed by atoms with Crippen molar-refractivity contribution in [2.24, 2.45) is 4.99 Å². The van der Waals surface area contributed by atoms with Gasteiger partial charge in [-0.15, -0.1) is 24.0 Å². The Morgan fingerprint density at radius 2 is 2.00 bits per heavy atom. The number of para-hydroxylation sites is 1. The van der Waals surface area contributed by atoms with E-state index >= 15 is 0 Å². The van der Waals surface area contributed by atoms with Crippen LogP contribution in [0.4, 0.5) is 0 Å². The van der Waals surface area contributed by atoms with E-state index in [1.54, 1.807) is 12.1 Å². The molecule has 2 atom stereocenters. The van der Waals surface area contributed by atoms with Gasteiger partial charge in [-0.3, -0.25) is 4.99 Å². The lowest BCUT2D eigenvalue weighted by Gasteiger charge is -2.19. The van der Waals surface area contributed by atoms with Crippen LogP contribution in [0.1, 0.15) is 31.3 Å². The molecule has 0 fully saturated rings. The third-order valence-electron chi connectivity index (χ3n) is 3.62. The van der Waals surface area contributed by atoms with Gasteiger partial charge in [0.25, 0.3) is 0 Å². The van der Waals surface area contributed by atoms with Crippen molar-refractivity contribution >= 4 is 29.9 Å². The Balaban J connectivity index is 0.00000338. The number of aliphatic hydroxyl groups is 1. The molecule has 0 radical (unpaired) electrons. The summed E-state index contributed by atoms with van der Waals surface area (Å²) in [5, 5.41) is 16.4. The van der Waals surface area contributed by atoms with Crippen LogP contribution in [0.5, 0.6) is 5.75 Å². The molecule has 3 N–H and O–H groups in total. The van der Waals surface area contributed by atoms with Crippen LogP contribution in [-0.4, -0.2) is 36.8 Å². The number of furan rings is 1. The van der Waals surface area contributed by atoms with Gasteiger partial charge in [0.2, 0.25) is 0 Å². The molecule has 2 rings (SSSR count). The molecule has 0 saturated carbocycles. The molecule has 0 aliphatic carbocycles. The third-order valence-corrected chi connectivity index (χ3v) is 3.62. The Bertz CT molecular complexity index is 662. The van der Waals surface area contributed by atoms with E-state index in [0.29, 0.717) is 18.3 Å². The van der Waals surface area contributed by atoms with Crippen molar-refractivity contribution in [1.82, 2.24) is 10.6 Å². The minimum Gasteiger partial charge on any atom is -0.489 e. The highest BCUT2D eigenvalue weighted by Gasteiger charge is 2.11. The summed E-state index contributed by atoms with van der Waals surface area (Å²) in [5.41, 5.74) is 1.11. The monoisotopic (exact) mass is 473 g/mol. The lowest BCUT2D eigenvalue weighted by atomic mass is 10.2. The molecule has 26 heavy (non-hydrogen) atoms. The fourth-order valence-electron chi connectivity index (χ4n) is 2.28. The van der Waals surface area contributed by atoms with Gasteiger partial charge in [-0.1, -0.05) is 18.2 Å². The van der Waals surface area contributed by atoms with E-state index in [1.807, 2.05) is 45.0 Å². The number of hydrogen-bond acceptors (Lipinski definition) is 4. The second kappa shape index (κ2) is 11.8. The topological polar surface area (TPSA) is 79.0 Å². The average molecular weight is 473 g/mol. The van der Waals surface area contributed by atoms with Gasteiger partial charge in [0.1, 0.15) is 23.7 Å². The molecular weight excluding hydrogens is 445 g/mol. The molecule has 0 aliphatic heterocycles. The first kappa shape index (κ1) is 22.3. The number of benzene rings is 1. The normalized spacial score (nSPS) is 13.5. The van der Waals surface area contributed by atoms with Crippen molar-refractivity contribution in [3.63, 3.8) is 0 Å². The van der Waals surface area contributed by atoms with Crippen molar-refractivity contribution in [3.8, 4) is 5.75 Å². The van der Waals surface area contributed by atoms with Crippen molar-refractivity contribution in [2.75, 3.05) is 19.6 Å². The van der Waals surface area contributed by atoms with Gasteiger partial charge < -0.3 is 24.9 Å². The van der Waals surface area contributed by atoms with Gasteiger partial charge in [0.05, 0.1) is 19.4 Å². The minimum atomic E-state index is -0.758. The zero-order valence-corrected chi connectivity index (χ0v) is 17.8. The summed E-state index contributed by atoms with van der Waals surface area (Å²) in [6, 6.07) is 11.4. The summed E-state index contributed by atoms with van der Waals surface area (Å²) < 4.78 is 11.1. The number of aliphatic imine (C=N–C) groups is 1. The van der Waals surface area contributed by atoms with Crippen molar-refractivity contribution in [2.45, 2.75) is 33.0 Å². The number of guanidine groups is 1. The molecule has 1 aromatic heterocycles. The first-order valence-corrected chi connectivity index (χ1v) is 8.56. The summed E-state index contributed by atoms with van der Waals surface area (Å²) >= 11 is 0. The number of ether oxygens (including phenoxy) is 1. The molecule has 0 aliphatic rings. The fraction of sp³-hybridized carbons (Fsp3) is 0.421. The van der Waals surface area contributed by atoms with Crippen LogP contribution in [0.15, 0.2) is 52.1 Å². The lowest BCUT2D eigenvalue weighted by molar-refractivity contribution is 0.158. The van der Waals surface area contributed by atoms with E-state index in [1.165, 1.54) is 6.26 Å². The molecule has 2 aromatic rings. The summed E-state index contributed by atoms with van der Waals surface area (Å²) in [6.07, 6.45) is 0.752. The standard InChI is InChI=1S/C19H27N3O3.HI/c1-4-20-19(22-13-16(23)18-10-7-11-24-18)21-12-15(3)25-17-9-6-5-8-14(17)2;/h5-11,15-16,23H,4,12-13H2,1-3H3,(H2,20,21,22);1H. The predicted molar refractivity (Wildman–Crippen MR) is 114 cm³/mol. The number of nitrogens with zero attached hydrogens (tertiary/aromatic N) is 1. The van der Waals surface area contributed by atoms with Crippen LogP contribution >= 0.6 is 24.0 Å². The number of rotatable bonds is 8. The summed E-state index contributed by atoms with van der Waals surface area (Å²) in [4.78, 5) is 4.39. The van der Waals surface area contributed by atoms with Crippen LogP contribution < -0.4 is 15.4 Å². The largest absolute Gasteiger partial charge is 0.489 e. The molecular formula is C19H28IN3O3. The van der Waals surface area contributed by atoms with Crippen molar-refractivity contribution in [1.29, 1.82) is 0 Å². The third kappa shape index (κ3) is 7.25. The molecule has 7 heteroatoms. The molecule has 0 amide bonds. The number of aliphatic hydroxyl groups excluding tert-OH is 1. The molecule has 0 spiro atoms. The van der Waals surface area contributed by atoms with Crippen molar-refractivity contribution in [3.05, 3.63) is 54.0 Å². The Hall–Kier alpha value is -1.74. The number of halogens is 1. The van der Waals surface area contributed by atoms with Gasteiger partial charge in [0, 0.05) is 6.54 Å². The van der Waals surface area contributed by atoms with Gasteiger partial charge in [-0.05, 0) is 44.5 Å². The molecule has 2 unspecified atom stereocenters. The van der Waals surface area contributed by atoms with Gasteiger partial charge in [0.15, 0.2) is 5.96 Å². The van der Waals surface area contributed by atoms with E-state index in [2.05, 4.69) is 15.6 Å². The van der Waals surface area contributed by atoms with E-state index in [4.69, 9.17) is 9.15 Å². The van der Waals surface area contributed by atoms with E-state index < -0.39 is 6.10 Å². The van der Waals surface area contributed by atoms with E-state index in [-0.39, 0.29) is 36.6 Å². The van der Waals surface area contributed by atoms with Crippen LogP contribution in [0, 0.1) is 6.92 Å². The molecule has 1 heterocycles. The molecule has 144 valence electrons. The zero-order valence-electron chi connectivity index (χ0n) is 15.4. The van der Waals surface area contributed by atoms with E-state index in [9.17, 15) is 5.11 Å². The quantitative estimate of drug-likeness (QED) is 0.312.